The molecule has 1 aromatic rings. The van der Waals surface area contributed by atoms with Crippen LogP contribution in [0.5, 0.6) is 0 Å². The third kappa shape index (κ3) is 125. The molecule has 81 heavy (non-hydrogen) atoms. The van der Waals surface area contributed by atoms with Gasteiger partial charge in [0.15, 0.2) is 0 Å². The van der Waals surface area contributed by atoms with Crippen LogP contribution in [0.1, 0.15) is 360 Å². The third-order valence-corrected chi connectivity index (χ3v) is 11.9. The zero-order chi connectivity index (χ0) is 60.1. The van der Waals surface area contributed by atoms with Crippen molar-refractivity contribution >= 4 is 17.5 Å². The molecule has 4 atom stereocenters. The number of rotatable bonds is 32. The van der Waals surface area contributed by atoms with E-state index in [1.165, 1.54) is 109 Å². The van der Waals surface area contributed by atoms with Crippen molar-refractivity contribution in [1.82, 2.24) is 4.98 Å². The fourth-order valence-electron chi connectivity index (χ4n) is 6.98. The fourth-order valence-corrected chi connectivity index (χ4v) is 6.98. The third-order valence-electron chi connectivity index (χ3n) is 11.9. The van der Waals surface area contributed by atoms with Crippen LogP contribution in [-0.2, 0) is 14.3 Å². The van der Waals surface area contributed by atoms with Crippen molar-refractivity contribution in [3.05, 3.63) is 30.1 Å². The lowest BCUT2D eigenvalue weighted by Crippen LogP contribution is -2.08. The van der Waals surface area contributed by atoms with Gasteiger partial charge in [-0.25, -0.2) is 4.79 Å². The Bertz CT molecular complexity index is 1190. The number of carbonyl (C=O) groups excluding carboxylic acids is 3. The normalized spacial score (nSPS) is 11.9. The van der Waals surface area contributed by atoms with E-state index >= 15 is 0 Å². The second-order valence-electron chi connectivity index (χ2n) is 26.6. The minimum absolute atomic E-state index is 0. The first-order valence-corrected chi connectivity index (χ1v) is 30.8. The molecule has 0 aliphatic carbocycles. The first-order valence-electron chi connectivity index (χ1n) is 30.8. The van der Waals surface area contributed by atoms with Crippen LogP contribution in [-0.4, -0.2) is 74.0 Å². The Hall–Kier alpha value is -2.20. The molecule has 9 heteroatoms. The summed E-state index contributed by atoms with van der Waals surface area (Å²) in [6.07, 6.45) is 30.9. The van der Waals surface area contributed by atoms with Gasteiger partial charge < -0.3 is 34.8 Å². The molecule has 0 radical (unpaired) electrons. The van der Waals surface area contributed by atoms with Crippen LogP contribution in [0.4, 0.5) is 0 Å². The van der Waals surface area contributed by atoms with Crippen molar-refractivity contribution in [1.29, 1.82) is 0 Å². The molecule has 0 aliphatic heterocycles. The van der Waals surface area contributed by atoms with Crippen molar-refractivity contribution in [2.45, 2.75) is 374 Å². The van der Waals surface area contributed by atoms with Gasteiger partial charge in [0.1, 0.15) is 11.6 Å². The largest absolute Gasteiger partial charge is 0.462 e. The average molecular weight is 1160 g/mol. The van der Waals surface area contributed by atoms with E-state index in [1.54, 1.807) is 32.2 Å². The molecule has 0 bridgehead atoms. The van der Waals surface area contributed by atoms with E-state index in [1.807, 2.05) is 27.7 Å². The molecule has 0 aromatic carbocycles. The van der Waals surface area contributed by atoms with Crippen LogP contribution < -0.4 is 0 Å². The van der Waals surface area contributed by atoms with Gasteiger partial charge >= 0.3 is 5.97 Å². The van der Waals surface area contributed by atoms with Crippen molar-refractivity contribution in [2.75, 3.05) is 6.61 Å². The highest BCUT2D eigenvalue weighted by Crippen LogP contribution is 2.23. The molecule has 496 valence electrons. The number of pyridine rings is 1. The van der Waals surface area contributed by atoms with E-state index < -0.39 is 0 Å². The monoisotopic (exact) mass is 1160 g/mol. The molecule has 0 fully saturated rings. The summed E-state index contributed by atoms with van der Waals surface area (Å²) in [7, 11) is 0. The molecule has 1 aromatic heterocycles. The number of hydrogen-bond donors (Lipinski definition) is 4. The second-order valence-corrected chi connectivity index (χ2v) is 26.6. The molecule has 0 unspecified atom stereocenters. The Morgan fingerprint density at radius 1 is 0.420 bits per heavy atom. The summed E-state index contributed by atoms with van der Waals surface area (Å²) in [5.74, 6) is 4.15. The van der Waals surface area contributed by atoms with Gasteiger partial charge in [-0.15, -0.1) is 0 Å². The topological polar surface area (TPSA) is 154 Å². The summed E-state index contributed by atoms with van der Waals surface area (Å²) in [5.41, 5.74) is 1.37. The average Bonchev–Trinajstić information content (AvgIpc) is 3.27. The standard InChI is InChI=1S/C11H15NO2.2C10H20O.4C9H20O.5CH4/c1-9(2)5-7-14-11(13)10-4-3-6-12-8-10;2*1-9(11)7-5-6-8-10(2,3)4;4*1-8(2)6-4-5-7-9(3)10;;;;;/h3-4,6,8-9H,5,7H2,1-2H3;2*5-8H2,1-4H3;4*8-10H,4-7H2,1-3H3;5*1H4/t;;;4*9-;;;;;/m...1100...../s1. The van der Waals surface area contributed by atoms with Crippen LogP contribution in [0.3, 0.4) is 0 Å². The number of carbonyl (C=O) groups is 3. The minimum Gasteiger partial charge on any atom is -0.462 e. The number of aromatic nitrogens is 1. The molecule has 0 aliphatic rings. The number of ketones is 2. The number of hydrogen-bond acceptors (Lipinski definition) is 9. The molecule has 0 saturated carbocycles. The van der Waals surface area contributed by atoms with Gasteiger partial charge in [-0.1, -0.05) is 238 Å². The summed E-state index contributed by atoms with van der Waals surface area (Å²) >= 11 is 0. The van der Waals surface area contributed by atoms with E-state index in [4.69, 9.17) is 25.2 Å². The summed E-state index contributed by atoms with van der Waals surface area (Å²) in [6, 6.07) is 3.42. The number of unbranched alkanes of at least 4 members (excludes halogenated alkanes) is 6. The van der Waals surface area contributed by atoms with Crippen molar-refractivity contribution in [3.63, 3.8) is 0 Å². The molecular weight excluding hydrogens is 1010 g/mol. The first-order chi connectivity index (χ1) is 35.0. The number of Topliss-reactive ketones (excluding diaryl/α,β-unsaturated/α-hetero) is 2. The Balaban J connectivity index is -0.0000000779. The van der Waals surface area contributed by atoms with Crippen LogP contribution in [0.15, 0.2) is 24.5 Å². The Morgan fingerprint density at radius 2 is 0.679 bits per heavy atom. The molecule has 4 N–H and O–H groups in total. The zero-order valence-corrected chi connectivity index (χ0v) is 54.8. The van der Waals surface area contributed by atoms with Gasteiger partial charge in [-0.2, -0.15) is 0 Å². The summed E-state index contributed by atoms with van der Waals surface area (Å²) in [4.78, 5) is 36.3. The SMILES string of the molecule is C.C.C.C.C.CC(=O)CCCCC(C)(C)C.CC(=O)CCCCC(C)(C)C.CC(C)CCCC[C@@H](C)O.CC(C)CCCC[C@@H](C)O.CC(C)CCCC[C@H](C)O.CC(C)CCCC[C@H](C)O.CC(C)CCOC(=O)c1cccnc1. The van der Waals surface area contributed by atoms with Crippen LogP contribution >= 0.6 is 0 Å². The van der Waals surface area contributed by atoms with E-state index in [9.17, 15) is 14.4 Å². The van der Waals surface area contributed by atoms with Gasteiger partial charge in [0.25, 0.3) is 0 Å². The van der Waals surface area contributed by atoms with Gasteiger partial charge in [0.05, 0.1) is 36.6 Å². The number of aliphatic hydroxyl groups excluding tert-OH is 4. The smallest absolute Gasteiger partial charge is 0.339 e. The highest BCUT2D eigenvalue weighted by Gasteiger charge is 2.10. The second kappa shape index (κ2) is 70.3. The summed E-state index contributed by atoms with van der Waals surface area (Å²) < 4.78 is 5.06. The van der Waals surface area contributed by atoms with Crippen LogP contribution in [0.25, 0.3) is 0 Å². The Kier molecular flexibility index (Phi) is 90.0. The quantitative estimate of drug-likeness (QED) is 0.0408. The highest BCUT2D eigenvalue weighted by atomic mass is 16.5. The van der Waals surface area contributed by atoms with Gasteiger partial charge in [0, 0.05) is 25.2 Å². The zero-order valence-electron chi connectivity index (χ0n) is 54.8. The fraction of sp³-hybridized carbons (Fsp3) is 0.889. The predicted octanol–water partition coefficient (Wildman–Crippen LogP) is 22.2. The predicted molar refractivity (Wildman–Crippen MR) is 365 cm³/mol. The lowest BCUT2D eigenvalue weighted by atomic mass is 9.89. The maximum absolute atomic E-state index is 11.4. The van der Waals surface area contributed by atoms with Crippen LogP contribution in [0.2, 0.25) is 0 Å². The van der Waals surface area contributed by atoms with Gasteiger partial charge in [0.2, 0.25) is 0 Å². The van der Waals surface area contributed by atoms with E-state index in [0.29, 0.717) is 40.5 Å². The number of nitrogens with zero attached hydrogens (tertiary/aromatic N) is 1. The lowest BCUT2D eigenvalue weighted by molar-refractivity contribution is -0.118. The molecule has 1 heterocycles. The Morgan fingerprint density at radius 3 is 0.877 bits per heavy atom. The number of aliphatic hydroxyl groups is 4. The van der Waals surface area contributed by atoms with Gasteiger partial charge in [-0.05, 0) is 152 Å². The molecule has 0 spiro atoms. The number of esters is 1. The van der Waals surface area contributed by atoms with E-state index in [2.05, 4.69) is 116 Å². The number of ether oxygens (including phenoxy) is 1. The highest BCUT2D eigenvalue weighted by molar-refractivity contribution is 5.88. The van der Waals surface area contributed by atoms with Crippen molar-refractivity contribution in [3.8, 4) is 0 Å². The minimum atomic E-state index is -0.293. The molecule has 0 amide bonds. The van der Waals surface area contributed by atoms with Crippen molar-refractivity contribution < 1.29 is 39.5 Å². The molecule has 9 nitrogen and oxygen atoms in total. The Labute approximate surface area is 511 Å². The molecule has 0 saturated heterocycles. The molecule has 1 rings (SSSR count). The first kappa shape index (κ1) is 104. The summed E-state index contributed by atoms with van der Waals surface area (Å²) in [5, 5.41) is 35.7. The van der Waals surface area contributed by atoms with Crippen molar-refractivity contribution in [2.24, 2.45) is 40.4 Å². The molecular formula is C72H155NO8. The lowest BCUT2D eigenvalue weighted by Gasteiger charge is -2.17. The maximum atomic E-state index is 11.4. The van der Waals surface area contributed by atoms with E-state index in [0.717, 1.165) is 81.5 Å². The maximum Gasteiger partial charge on any atom is 0.339 e. The van der Waals surface area contributed by atoms with Gasteiger partial charge in [-0.3, -0.25) is 4.98 Å². The van der Waals surface area contributed by atoms with Crippen LogP contribution in [0, 0.1) is 40.4 Å². The van der Waals surface area contributed by atoms with E-state index in [-0.39, 0.29) is 67.5 Å². The summed E-state index contributed by atoms with van der Waals surface area (Å²) in [6.45, 7) is 46.8.